The number of nitrogens with zero attached hydrogens (tertiary/aromatic N) is 5. The maximum Gasteiger partial charge on any atom is 0.101 e. The molecule has 13 aromatic rings. The van der Waals surface area contributed by atoms with Gasteiger partial charge in [0.1, 0.15) is 12.1 Å². The second-order valence-electron chi connectivity index (χ2n) is 15.9. The van der Waals surface area contributed by atoms with Gasteiger partial charge in [-0.1, -0.05) is 133 Å². The molecule has 3 aromatic heterocycles. The van der Waals surface area contributed by atoms with Crippen LogP contribution in [0.2, 0.25) is 0 Å². The predicted molar refractivity (Wildman–Crippen MR) is 251 cm³/mol. The van der Waals surface area contributed by atoms with Gasteiger partial charge in [0.2, 0.25) is 0 Å². The van der Waals surface area contributed by atoms with Crippen molar-refractivity contribution in [2.75, 3.05) is 0 Å². The van der Waals surface area contributed by atoms with E-state index in [1.54, 1.807) is 0 Å². The Kier molecular flexibility index (Phi) is 6.80. The summed E-state index contributed by atoms with van der Waals surface area (Å²) in [6.45, 7) is 0. The molecule has 0 aliphatic rings. The Morgan fingerprint density at radius 1 is 0.311 bits per heavy atom. The third-order valence-electron chi connectivity index (χ3n) is 12.9. The maximum absolute atomic E-state index is 11.2. The standard InChI is InChI=1S/C56H31N5/c57-32-35-30-53(61-49-24-12-9-21-45(49)55-43-19-5-3-15-39(43)40-16-4-6-20-44(40)56(55)61)36(33-58)29-52(35)60-50-28-26-37(31-46(50)54-38-14-2-1-13-34(38)25-27-51(54)60)59-47-22-10-7-17-41(47)42-18-8-11-23-48(42)59/h1-31H. The molecule has 3 heterocycles. The van der Waals surface area contributed by atoms with Gasteiger partial charge in [0.25, 0.3) is 0 Å². The summed E-state index contributed by atoms with van der Waals surface area (Å²) in [5, 5.41) is 36.0. The zero-order valence-electron chi connectivity index (χ0n) is 32.6. The summed E-state index contributed by atoms with van der Waals surface area (Å²) >= 11 is 0. The molecule has 0 saturated carbocycles. The van der Waals surface area contributed by atoms with E-state index in [1.165, 1.54) is 16.2 Å². The molecular weight excluding hydrogens is 743 g/mol. The Bertz CT molecular complexity index is 4090. The van der Waals surface area contributed by atoms with Gasteiger partial charge in [0.05, 0.1) is 55.6 Å². The van der Waals surface area contributed by atoms with E-state index in [4.69, 9.17) is 0 Å². The fourth-order valence-electron chi connectivity index (χ4n) is 10.4. The maximum atomic E-state index is 11.2. The van der Waals surface area contributed by atoms with Crippen LogP contribution in [0.1, 0.15) is 11.1 Å². The van der Waals surface area contributed by atoms with Crippen molar-refractivity contribution in [2.24, 2.45) is 0 Å². The molecule has 5 nitrogen and oxygen atoms in total. The first-order valence-electron chi connectivity index (χ1n) is 20.5. The molecular formula is C56H31N5. The highest BCUT2D eigenvalue weighted by atomic mass is 15.0. The first kappa shape index (κ1) is 33.3. The van der Waals surface area contributed by atoms with Crippen LogP contribution < -0.4 is 0 Å². The lowest BCUT2D eigenvalue weighted by Gasteiger charge is -2.17. The van der Waals surface area contributed by atoms with E-state index < -0.39 is 0 Å². The van der Waals surface area contributed by atoms with E-state index in [-0.39, 0.29) is 0 Å². The van der Waals surface area contributed by atoms with E-state index in [2.05, 4.69) is 196 Å². The predicted octanol–water partition coefficient (Wildman–Crippen LogP) is 14.2. The Hall–Kier alpha value is -8.64. The van der Waals surface area contributed by atoms with Crippen molar-refractivity contribution in [3.63, 3.8) is 0 Å². The van der Waals surface area contributed by atoms with Gasteiger partial charge in [-0.2, -0.15) is 10.5 Å². The van der Waals surface area contributed by atoms with Gasteiger partial charge < -0.3 is 13.7 Å². The summed E-state index contributed by atoms with van der Waals surface area (Å²) in [6, 6.07) is 71.1. The number of fused-ring (bicyclic) bond motifs is 16. The second kappa shape index (κ2) is 12.4. The SMILES string of the molecule is N#Cc1cc(-n2c3ccccc3c3c4ccccc4c4ccccc4c32)c(C#N)cc1-n1c2ccc(-n3c4ccccc4c4ccccc43)cc2c2c3ccccc3ccc21. The summed E-state index contributed by atoms with van der Waals surface area (Å²) in [4.78, 5) is 0. The average Bonchev–Trinajstić information content (AvgIpc) is 3.97. The molecule has 0 radical (unpaired) electrons. The van der Waals surface area contributed by atoms with Crippen molar-refractivity contribution in [3.05, 3.63) is 199 Å². The quantitative estimate of drug-likeness (QED) is 0.168. The summed E-state index contributed by atoms with van der Waals surface area (Å²) in [5.74, 6) is 0. The van der Waals surface area contributed by atoms with Crippen molar-refractivity contribution >= 4 is 97.7 Å². The molecule has 61 heavy (non-hydrogen) atoms. The second-order valence-corrected chi connectivity index (χ2v) is 15.9. The van der Waals surface area contributed by atoms with Crippen LogP contribution in [0, 0.1) is 22.7 Å². The summed E-state index contributed by atoms with van der Waals surface area (Å²) in [6.07, 6.45) is 0. The number of aromatic nitrogens is 3. The number of rotatable bonds is 3. The largest absolute Gasteiger partial charge is 0.309 e. The van der Waals surface area contributed by atoms with E-state index in [0.717, 1.165) is 87.3 Å². The number of hydrogen-bond donors (Lipinski definition) is 0. The number of nitriles is 2. The van der Waals surface area contributed by atoms with Gasteiger partial charge in [-0.15, -0.1) is 0 Å². The van der Waals surface area contributed by atoms with Gasteiger partial charge in [-0.05, 0) is 81.5 Å². The van der Waals surface area contributed by atoms with Crippen LogP contribution in [0.3, 0.4) is 0 Å². The number of hydrogen-bond acceptors (Lipinski definition) is 2. The third-order valence-corrected chi connectivity index (χ3v) is 12.9. The molecule has 10 aromatic carbocycles. The number of para-hydroxylation sites is 3. The van der Waals surface area contributed by atoms with Crippen LogP contribution in [-0.4, -0.2) is 13.7 Å². The van der Waals surface area contributed by atoms with Gasteiger partial charge in [0.15, 0.2) is 0 Å². The van der Waals surface area contributed by atoms with Crippen LogP contribution in [0.25, 0.3) is 115 Å². The molecule has 0 amide bonds. The molecule has 280 valence electrons. The molecule has 13 rings (SSSR count). The molecule has 0 atom stereocenters. The fraction of sp³-hybridized carbons (Fsp3) is 0. The topological polar surface area (TPSA) is 62.4 Å². The van der Waals surface area contributed by atoms with Gasteiger partial charge in [-0.3, -0.25) is 0 Å². The molecule has 0 fully saturated rings. The van der Waals surface area contributed by atoms with Crippen LogP contribution >= 0.6 is 0 Å². The molecule has 5 heteroatoms. The van der Waals surface area contributed by atoms with Crippen molar-refractivity contribution < 1.29 is 0 Å². The monoisotopic (exact) mass is 773 g/mol. The van der Waals surface area contributed by atoms with Crippen LogP contribution in [-0.2, 0) is 0 Å². The van der Waals surface area contributed by atoms with E-state index in [0.29, 0.717) is 22.5 Å². The zero-order chi connectivity index (χ0) is 40.3. The minimum Gasteiger partial charge on any atom is -0.309 e. The number of benzene rings is 10. The minimum atomic E-state index is 0.475. The fourth-order valence-corrected chi connectivity index (χ4v) is 10.4. The van der Waals surface area contributed by atoms with Crippen LogP contribution in [0.5, 0.6) is 0 Å². The zero-order valence-corrected chi connectivity index (χ0v) is 32.6. The lowest BCUT2D eigenvalue weighted by atomic mass is 9.97. The highest BCUT2D eigenvalue weighted by molar-refractivity contribution is 6.32. The first-order valence-corrected chi connectivity index (χ1v) is 20.5. The van der Waals surface area contributed by atoms with Crippen molar-refractivity contribution in [2.45, 2.75) is 0 Å². The normalized spacial score (nSPS) is 11.9. The van der Waals surface area contributed by atoms with Crippen molar-refractivity contribution in [3.8, 4) is 29.2 Å². The summed E-state index contributed by atoms with van der Waals surface area (Å²) < 4.78 is 6.74. The molecule has 0 spiro atoms. The third kappa shape index (κ3) is 4.47. The van der Waals surface area contributed by atoms with E-state index >= 15 is 0 Å². The van der Waals surface area contributed by atoms with Gasteiger partial charge in [-0.25, -0.2) is 0 Å². The smallest absolute Gasteiger partial charge is 0.101 e. The highest BCUT2D eigenvalue weighted by Gasteiger charge is 2.24. The summed E-state index contributed by atoms with van der Waals surface area (Å²) in [5.41, 5.74) is 9.55. The van der Waals surface area contributed by atoms with Gasteiger partial charge in [0, 0.05) is 43.4 Å². The molecule has 0 saturated heterocycles. The highest BCUT2D eigenvalue weighted by Crippen LogP contribution is 2.45. The molecule has 0 bridgehead atoms. The average molecular weight is 774 g/mol. The molecule has 0 unspecified atom stereocenters. The lowest BCUT2D eigenvalue weighted by molar-refractivity contribution is 1.12. The Balaban J connectivity index is 1.13. The van der Waals surface area contributed by atoms with E-state index in [9.17, 15) is 10.5 Å². The van der Waals surface area contributed by atoms with Crippen LogP contribution in [0.4, 0.5) is 0 Å². The first-order chi connectivity index (χ1) is 30.2. The molecule has 0 N–H and O–H groups in total. The Labute approximate surface area is 349 Å². The minimum absolute atomic E-state index is 0.475. The van der Waals surface area contributed by atoms with E-state index in [1.807, 2.05) is 18.2 Å². The van der Waals surface area contributed by atoms with Crippen molar-refractivity contribution in [1.29, 1.82) is 10.5 Å². The molecule has 0 aliphatic carbocycles. The van der Waals surface area contributed by atoms with Gasteiger partial charge >= 0.3 is 0 Å². The summed E-state index contributed by atoms with van der Waals surface area (Å²) in [7, 11) is 0. The Morgan fingerprint density at radius 3 is 1.44 bits per heavy atom. The van der Waals surface area contributed by atoms with Crippen molar-refractivity contribution in [1.82, 2.24) is 13.7 Å². The molecule has 0 aliphatic heterocycles. The lowest BCUT2D eigenvalue weighted by Crippen LogP contribution is -2.04. The Morgan fingerprint density at radius 2 is 0.787 bits per heavy atom. The van der Waals surface area contributed by atoms with Crippen LogP contribution in [0.15, 0.2) is 188 Å².